The van der Waals surface area contributed by atoms with E-state index in [0.717, 1.165) is 6.07 Å². The first kappa shape index (κ1) is 13.5. The summed E-state index contributed by atoms with van der Waals surface area (Å²) < 4.78 is 38.6. The van der Waals surface area contributed by atoms with Gasteiger partial charge >= 0.3 is 6.18 Å². The van der Waals surface area contributed by atoms with E-state index in [1.165, 1.54) is 30.3 Å². The fourth-order valence-electron chi connectivity index (χ4n) is 1.64. The van der Waals surface area contributed by atoms with Gasteiger partial charge in [-0.25, -0.2) is 4.98 Å². The van der Waals surface area contributed by atoms with Crippen LogP contribution in [0.15, 0.2) is 36.4 Å². The number of hydrogen-bond donors (Lipinski definition) is 0. The van der Waals surface area contributed by atoms with Crippen molar-refractivity contribution in [1.29, 1.82) is 0 Å². The third-order valence-electron chi connectivity index (χ3n) is 2.51. The van der Waals surface area contributed by atoms with Crippen LogP contribution in [-0.2, 0) is 6.18 Å². The molecule has 0 saturated heterocycles. The Bertz CT molecular complexity index is 626. The number of carbonyl (C=O) groups excluding carboxylic acids is 1. The third kappa shape index (κ3) is 2.76. The molecule has 6 heteroatoms. The highest BCUT2D eigenvalue weighted by molar-refractivity contribution is 6.31. The van der Waals surface area contributed by atoms with Crippen molar-refractivity contribution in [2.24, 2.45) is 0 Å². The van der Waals surface area contributed by atoms with Crippen LogP contribution in [0, 0.1) is 0 Å². The second-order valence-electron chi connectivity index (χ2n) is 3.74. The topological polar surface area (TPSA) is 30.0 Å². The second-order valence-corrected chi connectivity index (χ2v) is 4.10. The normalized spacial score (nSPS) is 11.4. The van der Waals surface area contributed by atoms with Gasteiger partial charge in [-0.1, -0.05) is 29.8 Å². The van der Waals surface area contributed by atoms with E-state index in [4.69, 9.17) is 11.6 Å². The van der Waals surface area contributed by atoms with Crippen LogP contribution in [0.4, 0.5) is 13.2 Å². The van der Waals surface area contributed by atoms with Crippen molar-refractivity contribution in [1.82, 2.24) is 4.98 Å². The van der Waals surface area contributed by atoms with Crippen molar-refractivity contribution in [3.05, 3.63) is 52.7 Å². The molecule has 0 radical (unpaired) electrons. The maximum Gasteiger partial charge on any atom is 0.417 e. The maximum atomic E-state index is 12.9. The van der Waals surface area contributed by atoms with Gasteiger partial charge < -0.3 is 0 Å². The molecule has 0 saturated carbocycles. The lowest BCUT2D eigenvalue weighted by molar-refractivity contribution is -0.137. The number of pyridine rings is 1. The Morgan fingerprint density at radius 2 is 1.79 bits per heavy atom. The van der Waals surface area contributed by atoms with E-state index < -0.39 is 11.7 Å². The van der Waals surface area contributed by atoms with Crippen molar-refractivity contribution < 1.29 is 18.0 Å². The summed E-state index contributed by atoms with van der Waals surface area (Å²) in [4.78, 5) is 14.4. The van der Waals surface area contributed by atoms with E-state index in [1.807, 2.05) is 0 Å². The maximum absolute atomic E-state index is 12.9. The van der Waals surface area contributed by atoms with Gasteiger partial charge in [0.25, 0.3) is 0 Å². The van der Waals surface area contributed by atoms with Crippen molar-refractivity contribution >= 4 is 17.9 Å². The quantitative estimate of drug-likeness (QED) is 0.610. The van der Waals surface area contributed by atoms with Crippen LogP contribution in [0.25, 0.3) is 11.3 Å². The average molecular weight is 286 g/mol. The zero-order valence-electron chi connectivity index (χ0n) is 9.41. The van der Waals surface area contributed by atoms with Crippen LogP contribution < -0.4 is 0 Å². The van der Waals surface area contributed by atoms with E-state index in [2.05, 4.69) is 4.98 Å². The smallest absolute Gasteiger partial charge is 0.298 e. The Labute approximate surface area is 111 Å². The van der Waals surface area contributed by atoms with Crippen molar-refractivity contribution in [2.75, 3.05) is 0 Å². The van der Waals surface area contributed by atoms with Gasteiger partial charge in [0.1, 0.15) is 5.15 Å². The summed E-state index contributed by atoms with van der Waals surface area (Å²) in [5.74, 6) is 0. The van der Waals surface area contributed by atoms with Crippen LogP contribution in [0.1, 0.15) is 15.9 Å². The van der Waals surface area contributed by atoms with E-state index in [0.29, 0.717) is 6.29 Å². The molecule has 0 atom stereocenters. The van der Waals surface area contributed by atoms with Crippen LogP contribution >= 0.6 is 11.6 Å². The zero-order valence-corrected chi connectivity index (χ0v) is 10.2. The molecule has 2 aromatic rings. The fourth-order valence-corrected chi connectivity index (χ4v) is 1.84. The molecule has 19 heavy (non-hydrogen) atoms. The summed E-state index contributed by atoms with van der Waals surface area (Å²) in [7, 11) is 0. The number of aromatic nitrogens is 1. The number of alkyl halides is 3. The minimum atomic E-state index is -4.48. The molecule has 1 heterocycles. The lowest BCUT2D eigenvalue weighted by atomic mass is 10.0. The van der Waals surface area contributed by atoms with Gasteiger partial charge in [-0.3, -0.25) is 4.79 Å². The van der Waals surface area contributed by atoms with Gasteiger partial charge in [-0.15, -0.1) is 0 Å². The average Bonchev–Trinajstić information content (AvgIpc) is 2.37. The Morgan fingerprint density at radius 1 is 1.11 bits per heavy atom. The number of nitrogens with zero attached hydrogens (tertiary/aromatic N) is 1. The van der Waals surface area contributed by atoms with Crippen molar-refractivity contribution in [3.63, 3.8) is 0 Å². The second kappa shape index (κ2) is 5.01. The summed E-state index contributed by atoms with van der Waals surface area (Å²) in [5.41, 5.74) is -0.662. The Morgan fingerprint density at radius 3 is 2.37 bits per heavy atom. The highest BCUT2D eigenvalue weighted by Gasteiger charge is 2.33. The van der Waals surface area contributed by atoms with Gasteiger partial charge in [0.2, 0.25) is 0 Å². The van der Waals surface area contributed by atoms with Gasteiger partial charge in [0.15, 0.2) is 6.29 Å². The van der Waals surface area contributed by atoms with Gasteiger partial charge in [0.05, 0.1) is 16.8 Å². The van der Waals surface area contributed by atoms with Crippen LogP contribution in [0.3, 0.4) is 0 Å². The summed E-state index contributed by atoms with van der Waals surface area (Å²) in [6.45, 7) is 0. The van der Waals surface area contributed by atoms with Crippen LogP contribution in [0.5, 0.6) is 0 Å². The Kier molecular flexibility index (Phi) is 3.57. The standard InChI is InChI=1S/C13H7ClF3NO/c14-12-8(7-19)5-6-11(18-12)9-3-1-2-4-10(9)13(15,16)17/h1-7H. The number of hydrogen-bond acceptors (Lipinski definition) is 2. The molecule has 98 valence electrons. The van der Waals surface area contributed by atoms with Gasteiger partial charge in [-0.2, -0.15) is 13.2 Å². The lowest BCUT2D eigenvalue weighted by Crippen LogP contribution is -2.07. The lowest BCUT2D eigenvalue weighted by Gasteiger charge is -2.12. The first-order valence-corrected chi connectivity index (χ1v) is 5.59. The molecular formula is C13H7ClF3NO. The molecule has 0 aliphatic rings. The minimum Gasteiger partial charge on any atom is -0.298 e. The predicted molar refractivity (Wildman–Crippen MR) is 65.1 cm³/mol. The first-order chi connectivity index (χ1) is 8.93. The molecule has 0 fully saturated rings. The number of carbonyl (C=O) groups is 1. The Balaban J connectivity index is 2.60. The molecule has 0 aliphatic carbocycles. The van der Waals surface area contributed by atoms with Gasteiger partial charge in [0, 0.05) is 5.56 Å². The number of benzene rings is 1. The SMILES string of the molecule is O=Cc1ccc(-c2ccccc2C(F)(F)F)nc1Cl. The number of rotatable bonds is 2. The highest BCUT2D eigenvalue weighted by atomic mass is 35.5. The molecule has 2 nitrogen and oxygen atoms in total. The van der Waals surface area contributed by atoms with E-state index in [9.17, 15) is 18.0 Å². The fraction of sp³-hybridized carbons (Fsp3) is 0.0769. The van der Waals surface area contributed by atoms with Crippen LogP contribution in [-0.4, -0.2) is 11.3 Å². The minimum absolute atomic E-state index is 0.0727. The Hall–Kier alpha value is -1.88. The molecule has 0 unspecified atom stereocenters. The van der Waals surface area contributed by atoms with E-state index in [-0.39, 0.29) is 22.0 Å². The van der Waals surface area contributed by atoms with E-state index >= 15 is 0 Å². The van der Waals surface area contributed by atoms with E-state index in [1.54, 1.807) is 0 Å². The predicted octanol–water partition coefficient (Wildman–Crippen LogP) is 4.23. The third-order valence-corrected chi connectivity index (χ3v) is 2.82. The molecule has 0 bridgehead atoms. The summed E-state index contributed by atoms with van der Waals surface area (Å²) in [6.07, 6.45) is -3.98. The zero-order chi connectivity index (χ0) is 14.0. The van der Waals surface area contributed by atoms with Crippen molar-refractivity contribution in [2.45, 2.75) is 6.18 Å². The molecular weight excluding hydrogens is 279 g/mol. The monoisotopic (exact) mass is 285 g/mol. The van der Waals surface area contributed by atoms with Crippen LogP contribution in [0.2, 0.25) is 5.15 Å². The molecule has 0 N–H and O–H groups in total. The largest absolute Gasteiger partial charge is 0.417 e. The summed E-state index contributed by atoms with van der Waals surface area (Å²) >= 11 is 5.72. The number of halogens is 4. The van der Waals surface area contributed by atoms with Gasteiger partial charge in [-0.05, 0) is 18.2 Å². The van der Waals surface area contributed by atoms with Crippen molar-refractivity contribution in [3.8, 4) is 11.3 Å². The first-order valence-electron chi connectivity index (χ1n) is 5.22. The molecule has 0 amide bonds. The molecule has 0 spiro atoms. The molecule has 1 aromatic heterocycles. The molecule has 1 aromatic carbocycles. The summed E-state index contributed by atoms with van der Waals surface area (Å²) in [5, 5.41) is -0.121. The molecule has 2 rings (SSSR count). The summed E-state index contributed by atoms with van der Waals surface area (Å²) in [6, 6.07) is 7.73. The number of aldehydes is 1. The molecule has 0 aliphatic heterocycles. The highest BCUT2D eigenvalue weighted by Crippen LogP contribution is 2.36.